The molecule has 0 bridgehead atoms. The zero-order valence-corrected chi connectivity index (χ0v) is 14.6. The van der Waals surface area contributed by atoms with Gasteiger partial charge in [-0.25, -0.2) is 0 Å². The van der Waals surface area contributed by atoms with Crippen molar-refractivity contribution in [2.45, 2.75) is 12.5 Å². The number of aliphatic hydroxyl groups is 1. The smallest absolute Gasteiger partial charge is 0.256 e. The van der Waals surface area contributed by atoms with Gasteiger partial charge in [-0.05, 0) is 17.7 Å². The van der Waals surface area contributed by atoms with Crippen molar-refractivity contribution in [3.63, 3.8) is 0 Å². The fourth-order valence-corrected chi connectivity index (χ4v) is 2.74. The maximum absolute atomic E-state index is 12.4. The minimum absolute atomic E-state index is 0.134. The van der Waals surface area contributed by atoms with E-state index in [1.807, 2.05) is 30.3 Å². The third-order valence-electron chi connectivity index (χ3n) is 4.14. The predicted octanol–water partition coefficient (Wildman–Crippen LogP) is 2.99. The van der Waals surface area contributed by atoms with Gasteiger partial charge in [0.1, 0.15) is 17.0 Å². The van der Waals surface area contributed by atoms with Gasteiger partial charge in [-0.2, -0.15) is 0 Å². The number of nitrogens with one attached hydrogen (secondary N) is 1. The molecule has 0 saturated heterocycles. The number of ether oxygens (including phenoxy) is 1. The number of hydrogen-bond donors (Lipinski definition) is 2. The van der Waals surface area contributed by atoms with E-state index < -0.39 is 6.10 Å². The Kier molecular flexibility index (Phi) is 5.34. The van der Waals surface area contributed by atoms with Crippen LogP contribution in [0.15, 0.2) is 59.1 Å². The molecule has 26 heavy (non-hydrogen) atoms. The van der Waals surface area contributed by atoms with Gasteiger partial charge < -0.3 is 19.7 Å². The van der Waals surface area contributed by atoms with Gasteiger partial charge in [-0.1, -0.05) is 47.6 Å². The normalized spacial score (nSPS) is 11.8. The number of hydrogen-bond acceptors (Lipinski definition) is 5. The van der Waals surface area contributed by atoms with Gasteiger partial charge in [-0.15, -0.1) is 0 Å². The van der Waals surface area contributed by atoms with E-state index in [9.17, 15) is 9.90 Å². The molecule has 1 atom stereocenters. The third-order valence-corrected chi connectivity index (χ3v) is 4.14. The van der Waals surface area contributed by atoms with Gasteiger partial charge in [0.15, 0.2) is 5.76 Å². The van der Waals surface area contributed by atoms with E-state index in [0.29, 0.717) is 28.3 Å². The Morgan fingerprint density at radius 1 is 1.19 bits per heavy atom. The van der Waals surface area contributed by atoms with Crippen LogP contribution in [0, 0.1) is 0 Å². The second-order valence-corrected chi connectivity index (χ2v) is 5.77. The van der Waals surface area contributed by atoms with Crippen molar-refractivity contribution in [2.75, 3.05) is 14.2 Å². The topological polar surface area (TPSA) is 84.6 Å². The van der Waals surface area contributed by atoms with E-state index in [0.717, 1.165) is 5.56 Å². The van der Waals surface area contributed by atoms with Gasteiger partial charge in [0.25, 0.3) is 5.91 Å². The molecule has 2 aromatic carbocycles. The van der Waals surface area contributed by atoms with Crippen LogP contribution in [0.5, 0.6) is 5.75 Å². The fraction of sp³-hybridized carbons (Fsp3) is 0.200. The average Bonchev–Trinajstić information content (AvgIpc) is 3.11. The Morgan fingerprint density at radius 2 is 1.88 bits per heavy atom. The number of methoxy groups -OCH3 is 1. The summed E-state index contributed by atoms with van der Waals surface area (Å²) in [6, 6.07) is 16.4. The van der Waals surface area contributed by atoms with E-state index in [2.05, 4.69) is 10.5 Å². The summed E-state index contributed by atoms with van der Waals surface area (Å²) in [5, 5.41) is 17.2. The lowest BCUT2D eigenvalue weighted by atomic mass is 10.00. The quantitative estimate of drug-likeness (QED) is 0.712. The van der Waals surface area contributed by atoms with Crippen LogP contribution in [0.25, 0.3) is 11.3 Å². The summed E-state index contributed by atoms with van der Waals surface area (Å²) in [5.74, 6) is 0.742. The number of aromatic nitrogens is 1. The molecule has 0 spiro atoms. The van der Waals surface area contributed by atoms with Crippen molar-refractivity contribution < 1.29 is 19.2 Å². The minimum Gasteiger partial charge on any atom is -0.497 e. The molecule has 0 aliphatic heterocycles. The van der Waals surface area contributed by atoms with Gasteiger partial charge in [-0.3, -0.25) is 4.79 Å². The summed E-state index contributed by atoms with van der Waals surface area (Å²) >= 11 is 0. The molecule has 0 aliphatic carbocycles. The molecule has 6 nitrogen and oxygen atoms in total. The molecule has 1 heterocycles. The van der Waals surface area contributed by atoms with E-state index in [-0.39, 0.29) is 12.3 Å². The first-order valence-electron chi connectivity index (χ1n) is 8.22. The lowest BCUT2D eigenvalue weighted by Gasteiger charge is -2.11. The van der Waals surface area contributed by atoms with Gasteiger partial charge in [0.2, 0.25) is 0 Å². The molecule has 2 N–H and O–H groups in total. The molecule has 1 unspecified atom stereocenters. The van der Waals surface area contributed by atoms with Gasteiger partial charge in [0.05, 0.1) is 13.2 Å². The van der Waals surface area contributed by atoms with Crippen LogP contribution in [0.3, 0.4) is 0 Å². The van der Waals surface area contributed by atoms with Crippen molar-refractivity contribution >= 4 is 5.91 Å². The lowest BCUT2D eigenvalue weighted by Crippen LogP contribution is -2.20. The van der Waals surface area contributed by atoms with Crippen LogP contribution in [0.4, 0.5) is 0 Å². The molecular weight excluding hydrogens is 332 g/mol. The molecule has 1 aromatic heterocycles. The number of nitrogens with zero attached hydrogens (tertiary/aromatic N) is 1. The monoisotopic (exact) mass is 352 g/mol. The maximum Gasteiger partial charge on any atom is 0.256 e. The van der Waals surface area contributed by atoms with Crippen LogP contribution in [-0.4, -0.2) is 30.3 Å². The van der Waals surface area contributed by atoms with Crippen molar-refractivity contribution in [3.8, 4) is 17.0 Å². The van der Waals surface area contributed by atoms with Crippen LogP contribution in [-0.2, 0) is 6.42 Å². The SMILES string of the molecule is CNC(=O)c1c(-c2ccccc2)noc1CC(O)c1ccc(OC)cc1. The van der Waals surface area contributed by atoms with Crippen molar-refractivity contribution in [1.29, 1.82) is 0 Å². The number of benzene rings is 2. The van der Waals surface area contributed by atoms with E-state index in [1.54, 1.807) is 38.4 Å². The van der Waals surface area contributed by atoms with Crippen molar-refractivity contribution in [1.82, 2.24) is 10.5 Å². The summed E-state index contributed by atoms with van der Waals surface area (Å²) in [6.07, 6.45) is -0.699. The highest BCUT2D eigenvalue weighted by Gasteiger charge is 2.25. The molecule has 0 saturated carbocycles. The highest BCUT2D eigenvalue weighted by Crippen LogP contribution is 2.29. The number of rotatable bonds is 6. The Morgan fingerprint density at radius 3 is 2.50 bits per heavy atom. The number of amides is 1. The second-order valence-electron chi connectivity index (χ2n) is 5.77. The second kappa shape index (κ2) is 7.84. The molecule has 0 radical (unpaired) electrons. The molecule has 1 amide bonds. The first kappa shape index (κ1) is 17.7. The molecular formula is C20H20N2O4. The molecule has 3 rings (SSSR count). The summed E-state index contributed by atoms with van der Waals surface area (Å²) in [7, 11) is 3.13. The van der Waals surface area contributed by atoms with Crippen LogP contribution in [0.1, 0.15) is 27.8 Å². The summed E-state index contributed by atoms with van der Waals surface area (Å²) in [6.45, 7) is 0. The predicted molar refractivity (Wildman–Crippen MR) is 97.0 cm³/mol. The first-order chi connectivity index (χ1) is 12.6. The molecule has 6 heteroatoms. The zero-order chi connectivity index (χ0) is 18.5. The molecule has 3 aromatic rings. The summed E-state index contributed by atoms with van der Waals surface area (Å²) in [5.41, 5.74) is 2.28. The first-order valence-corrected chi connectivity index (χ1v) is 8.22. The molecule has 0 aliphatic rings. The van der Waals surface area contributed by atoms with Crippen molar-refractivity contribution in [3.05, 3.63) is 71.5 Å². The average molecular weight is 352 g/mol. The summed E-state index contributed by atoms with van der Waals surface area (Å²) < 4.78 is 10.5. The molecule has 0 fully saturated rings. The van der Waals surface area contributed by atoms with Crippen molar-refractivity contribution in [2.24, 2.45) is 0 Å². The van der Waals surface area contributed by atoms with Gasteiger partial charge >= 0.3 is 0 Å². The number of carbonyl (C=O) groups excluding carboxylic acids is 1. The van der Waals surface area contributed by atoms with E-state index >= 15 is 0 Å². The van der Waals surface area contributed by atoms with Crippen LogP contribution >= 0.6 is 0 Å². The van der Waals surface area contributed by atoms with Gasteiger partial charge in [0, 0.05) is 19.0 Å². The standard InChI is InChI=1S/C20H20N2O4/c1-21-20(24)18-17(26-22-19(18)14-6-4-3-5-7-14)12-16(23)13-8-10-15(25-2)11-9-13/h3-11,16,23H,12H2,1-2H3,(H,21,24). The van der Waals surface area contributed by atoms with E-state index in [1.165, 1.54) is 0 Å². The maximum atomic E-state index is 12.4. The van der Waals surface area contributed by atoms with E-state index in [4.69, 9.17) is 9.26 Å². The highest BCUT2D eigenvalue weighted by molar-refractivity contribution is 6.00. The molecule has 134 valence electrons. The lowest BCUT2D eigenvalue weighted by molar-refractivity contribution is 0.0959. The Hall–Kier alpha value is -3.12. The minimum atomic E-state index is -0.833. The zero-order valence-electron chi connectivity index (χ0n) is 14.6. The largest absolute Gasteiger partial charge is 0.497 e. The van der Waals surface area contributed by atoms with Crippen LogP contribution in [0.2, 0.25) is 0 Å². The number of aliphatic hydroxyl groups excluding tert-OH is 1. The Balaban J connectivity index is 1.91. The summed E-state index contributed by atoms with van der Waals surface area (Å²) in [4.78, 5) is 12.4. The third kappa shape index (κ3) is 3.60. The van der Waals surface area contributed by atoms with Crippen LogP contribution < -0.4 is 10.1 Å². The number of carbonyl (C=O) groups is 1. The Labute approximate surface area is 151 Å². The Bertz CT molecular complexity index is 873. The fourth-order valence-electron chi connectivity index (χ4n) is 2.74. The highest BCUT2D eigenvalue weighted by atomic mass is 16.5.